The first-order valence-electron chi connectivity index (χ1n) is 12.0. The zero-order valence-corrected chi connectivity index (χ0v) is 21.9. The number of thioether (sulfide) groups is 1. The smallest absolute Gasteiger partial charge is 0.272 e. The first kappa shape index (κ1) is 27.2. The maximum atomic E-state index is 13.3. The number of hydrogen-bond acceptors (Lipinski definition) is 6. The molecule has 0 aliphatic rings. The van der Waals surface area contributed by atoms with Gasteiger partial charge in [0.1, 0.15) is 17.3 Å². The third-order valence-electron chi connectivity index (χ3n) is 5.33. The molecule has 9 heteroatoms. The van der Waals surface area contributed by atoms with Gasteiger partial charge in [-0.05, 0) is 66.2 Å². The maximum absolute atomic E-state index is 13.3. The third-order valence-corrected chi connectivity index (χ3v) is 6.32. The molecule has 0 saturated carbocycles. The van der Waals surface area contributed by atoms with Crippen LogP contribution in [-0.4, -0.2) is 35.6 Å². The molecule has 3 amide bonds. The number of aromatic nitrogens is 1. The van der Waals surface area contributed by atoms with Gasteiger partial charge in [0.2, 0.25) is 5.91 Å². The van der Waals surface area contributed by atoms with Gasteiger partial charge in [0.15, 0.2) is 0 Å². The lowest BCUT2D eigenvalue weighted by molar-refractivity contribution is -0.114. The van der Waals surface area contributed by atoms with Gasteiger partial charge in [-0.15, -0.1) is 11.8 Å². The molecule has 196 valence electrons. The van der Waals surface area contributed by atoms with Gasteiger partial charge in [-0.3, -0.25) is 14.4 Å². The summed E-state index contributed by atoms with van der Waals surface area (Å²) in [6.45, 7) is 0. The van der Waals surface area contributed by atoms with E-state index in [4.69, 9.17) is 4.74 Å². The van der Waals surface area contributed by atoms with Gasteiger partial charge in [-0.2, -0.15) is 0 Å². The Morgan fingerprint density at radius 3 is 2.44 bits per heavy atom. The standard InChI is InChI=1S/C30H26N4O4S/c1-38-24-13-7-9-21(17-24)18-26(33-29(36)22-10-3-2-4-11-22)30(37)32-23-12-8-14-25(19-23)39-20-28(35)34-27-15-5-6-16-31-27/h2-19H,20H2,1H3,(H,32,37)(H,33,36)(H,31,34,35)/b26-18-. The van der Waals surface area contributed by atoms with Crippen molar-refractivity contribution >= 4 is 47.1 Å². The summed E-state index contributed by atoms with van der Waals surface area (Å²) in [4.78, 5) is 43.3. The number of pyridine rings is 1. The van der Waals surface area contributed by atoms with Crippen molar-refractivity contribution in [1.29, 1.82) is 0 Å². The number of nitrogens with one attached hydrogen (secondary N) is 3. The Kier molecular flexibility index (Phi) is 9.47. The summed E-state index contributed by atoms with van der Waals surface area (Å²) >= 11 is 1.32. The highest BCUT2D eigenvalue weighted by Crippen LogP contribution is 2.23. The Morgan fingerprint density at radius 1 is 0.872 bits per heavy atom. The number of nitrogens with zero attached hydrogens (tertiary/aromatic N) is 1. The van der Waals surface area contributed by atoms with Crippen LogP contribution in [0, 0.1) is 0 Å². The summed E-state index contributed by atoms with van der Waals surface area (Å²) in [7, 11) is 1.56. The number of amides is 3. The Morgan fingerprint density at radius 2 is 1.67 bits per heavy atom. The first-order valence-corrected chi connectivity index (χ1v) is 13.0. The molecular weight excluding hydrogens is 512 g/mol. The van der Waals surface area contributed by atoms with Crippen LogP contribution in [0.2, 0.25) is 0 Å². The van der Waals surface area contributed by atoms with E-state index >= 15 is 0 Å². The number of hydrogen-bond donors (Lipinski definition) is 3. The Labute approximate surface area is 230 Å². The molecule has 0 spiro atoms. The van der Waals surface area contributed by atoms with Crippen LogP contribution in [-0.2, 0) is 9.59 Å². The van der Waals surface area contributed by atoms with Crippen molar-refractivity contribution in [3.05, 3.63) is 120 Å². The normalized spacial score (nSPS) is 10.8. The van der Waals surface area contributed by atoms with Crippen LogP contribution in [0.3, 0.4) is 0 Å². The lowest BCUT2D eigenvalue weighted by Gasteiger charge is -2.12. The molecule has 0 unspecified atom stereocenters. The number of anilines is 2. The van der Waals surface area contributed by atoms with Crippen molar-refractivity contribution in [2.75, 3.05) is 23.5 Å². The van der Waals surface area contributed by atoms with E-state index in [2.05, 4.69) is 20.9 Å². The van der Waals surface area contributed by atoms with Crippen LogP contribution in [0.4, 0.5) is 11.5 Å². The molecule has 0 atom stereocenters. The largest absolute Gasteiger partial charge is 0.497 e. The van der Waals surface area contributed by atoms with Crippen LogP contribution in [0.25, 0.3) is 6.08 Å². The highest BCUT2D eigenvalue weighted by atomic mass is 32.2. The zero-order chi connectivity index (χ0) is 27.5. The topological polar surface area (TPSA) is 109 Å². The average molecular weight is 539 g/mol. The highest BCUT2D eigenvalue weighted by Gasteiger charge is 2.16. The van der Waals surface area contributed by atoms with E-state index in [9.17, 15) is 14.4 Å². The van der Waals surface area contributed by atoms with Gasteiger partial charge in [0, 0.05) is 22.3 Å². The van der Waals surface area contributed by atoms with Crippen molar-refractivity contribution in [3.63, 3.8) is 0 Å². The molecule has 39 heavy (non-hydrogen) atoms. The fourth-order valence-corrected chi connectivity index (χ4v) is 4.22. The average Bonchev–Trinajstić information content (AvgIpc) is 2.97. The number of rotatable bonds is 10. The molecule has 3 aromatic carbocycles. The molecule has 0 bridgehead atoms. The van der Waals surface area contributed by atoms with Crippen LogP contribution in [0.1, 0.15) is 15.9 Å². The predicted molar refractivity (Wildman–Crippen MR) is 154 cm³/mol. The van der Waals surface area contributed by atoms with Crippen molar-refractivity contribution in [2.45, 2.75) is 4.90 Å². The summed E-state index contributed by atoms with van der Waals surface area (Å²) in [6, 6.07) is 28.2. The lowest BCUT2D eigenvalue weighted by atomic mass is 10.1. The minimum absolute atomic E-state index is 0.0601. The van der Waals surface area contributed by atoms with Crippen LogP contribution >= 0.6 is 11.8 Å². The number of benzene rings is 3. The predicted octanol–water partition coefficient (Wildman–Crippen LogP) is 5.23. The number of carbonyl (C=O) groups is 3. The lowest BCUT2D eigenvalue weighted by Crippen LogP contribution is -2.30. The van der Waals surface area contributed by atoms with Crippen LogP contribution in [0.15, 0.2) is 114 Å². The van der Waals surface area contributed by atoms with Gasteiger partial charge in [0.05, 0.1) is 12.9 Å². The van der Waals surface area contributed by atoms with Crippen LogP contribution in [0.5, 0.6) is 5.75 Å². The van der Waals surface area contributed by atoms with E-state index in [0.29, 0.717) is 28.4 Å². The van der Waals surface area contributed by atoms with Gasteiger partial charge in [-0.25, -0.2) is 4.98 Å². The summed E-state index contributed by atoms with van der Waals surface area (Å²) in [6.07, 6.45) is 3.19. The van der Waals surface area contributed by atoms with Crippen molar-refractivity contribution < 1.29 is 19.1 Å². The molecule has 4 rings (SSSR count). The summed E-state index contributed by atoms with van der Waals surface area (Å²) < 4.78 is 5.28. The fraction of sp³-hybridized carbons (Fsp3) is 0.0667. The second-order valence-corrected chi connectivity index (χ2v) is 9.24. The van der Waals surface area contributed by atoms with Crippen molar-refractivity contribution in [2.24, 2.45) is 0 Å². The fourth-order valence-electron chi connectivity index (χ4n) is 3.47. The zero-order valence-electron chi connectivity index (χ0n) is 21.1. The van der Waals surface area contributed by atoms with E-state index < -0.39 is 11.8 Å². The number of carbonyl (C=O) groups excluding carboxylic acids is 3. The van der Waals surface area contributed by atoms with Gasteiger partial charge >= 0.3 is 0 Å². The monoisotopic (exact) mass is 538 g/mol. The van der Waals surface area contributed by atoms with E-state index in [1.165, 1.54) is 11.8 Å². The first-order chi connectivity index (χ1) is 19.0. The molecule has 1 aromatic heterocycles. The van der Waals surface area contributed by atoms with E-state index in [1.54, 1.807) is 104 Å². The highest BCUT2D eigenvalue weighted by molar-refractivity contribution is 8.00. The minimum Gasteiger partial charge on any atom is -0.497 e. The molecule has 8 nitrogen and oxygen atoms in total. The van der Waals surface area contributed by atoms with E-state index in [0.717, 1.165) is 4.90 Å². The summed E-state index contributed by atoms with van der Waals surface area (Å²) in [5.74, 6) is 0.162. The quantitative estimate of drug-likeness (QED) is 0.188. The Bertz CT molecular complexity index is 1480. The van der Waals surface area contributed by atoms with Gasteiger partial charge < -0.3 is 20.7 Å². The molecule has 0 radical (unpaired) electrons. The molecule has 3 N–H and O–H groups in total. The molecule has 0 aliphatic heterocycles. The molecule has 0 saturated heterocycles. The van der Waals surface area contributed by atoms with E-state index in [-0.39, 0.29) is 17.4 Å². The number of ether oxygens (including phenoxy) is 1. The van der Waals surface area contributed by atoms with Crippen molar-refractivity contribution in [1.82, 2.24) is 10.3 Å². The van der Waals surface area contributed by atoms with Crippen molar-refractivity contribution in [3.8, 4) is 5.75 Å². The SMILES string of the molecule is COc1cccc(/C=C(\NC(=O)c2ccccc2)C(=O)Nc2cccc(SCC(=O)Nc3ccccn3)c2)c1. The van der Waals surface area contributed by atoms with Gasteiger partial charge in [0.25, 0.3) is 11.8 Å². The molecular formula is C30H26N4O4S. The number of methoxy groups -OCH3 is 1. The molecule has 0 aliphatic carbocycles. The van der Waals surface area contributed by atoms with E-state index in [1.807, 2.05) is 12.1 Å². The second-order valence-electron chi connectivity index (χ2n) is 8.19. The summed E-state index contributed by atoms with van der Waals surface area (Å²) in [5, 5.41) is 8.30. The van der Waals surface area contributed by atoms with Gasteiger partial charge in [-0.1, -0.05) is 42.5 Å². The second kappa shape index (κ2) is 13.6. The Hall–Kier alpha value is -4.89. The molecule has 1 heterocycles. The van der Waals surface area contributed by atoms with Crippen LogP contribution < -0.4 is 20.7 Å². The molecule has 0 fully saturated rings. The minimum atomic E-state index is -0.503. The third kappa shape index (κ3) is 8.31. The maximum Gasteiger partial charge on any atom is 0.272 e. The Balaban J connectivity index is 1.47. The molecule has 4 aromatic rings. The summed E-state index contributed by atoms with van der Waals surface area (Å²) in [5.41, 5.74) is 1.67.